The van der Waals surface area contributed by atoms with Gasteiger partial charge in [-0.2, -0.15) is 0 Å². The summed E-state index contributed by atoms with van der Waals surface area (Å²) in [5, 5.41) is 19.9. The molecule has 0 spiro atoms. The van der Waals surface area contributed by atoms with Crippen LogP contribution in [0.2, 0.25) is 0 Å². The molecule has 0 aromatic heterocycles. The fourth-order valence-corrected chi connectivity index (χ4v) is 1.04. The molecule has 0 aliphatic carbocycles. The molecule has 1 heterocycles. The SMILES string of the molecule is CCCCO.O=C=C1CC(O)CCN1. The van der Waals surface area contributed by atoms with E-state index in [0.717, 1.165) is 19.3 Å². The minimum absolute atomic E-state index is 0.344. The van der Waals surface area contributed by atoms with E-state index in [1.54, 1.807) is 5.94 Å². The van der Waals surface area contributed by atoms with Gasteiger partial charge in [-0.1, -0.05) is 13.3 Å². The number of nitrogens with one attached hydrogen (secondary N) is 1. The fraction of sp³-hybridized carbons (Fsp3) is 0.800. The predicted molar refractivity (Wildman–Crippen MR) is 54.4 cm³/mol. The van der Waals surface area contributed by atoms with Crippen LogP contribution < -0.4 is 5.32 Å². The first kappa shape index (κ1) is 13.2. The van der Waals surface area contributed by atoms with E-state index in [1.807, 2.05) is 0 Å². The number of rotatable bonds is 2. The van der Waals surface area contributed by atoms with E-state index in [9.17, 15) is 4.79 Å². The lowest BCUT2D eigenvalue weighted by Gasteiger charge is -2.18. The van der Waals surface area contributed by atoms with E-state index in [-0.39, 0.29) is 6.10 Å². The maximum absolute atomic E-state index is 9.97. The van der Waals surface area contributed by atoms with Crippen molar-refractivity contribution in [2.75, 3.05) is 13.2 Å². The number of unbranched alkanes of at least 4 members (excludes halogenated alkanes) is 1. The Morgan fingerprint density at radius 1 is 1.64 bits per heavy atom. The third kappa shape index (κ3) is 6.66. The van der Waals surface area contributed by atoms with E-state index in [1.165, 1.54) is 0 Å². The molecule has 0 saturated carbocycles. The van der Waals surface area contributed by atoms with Crippen LogP contribution in [0.25, 0.3) is 0 Å². The van der Waals surface area contributed by atoms with Gasteiger partial charge < -0.3 is 15.5 Å². The normalized spacial score (nSPS) is 20.2. The Hall–Kier alpha value is -0.830. The molecular formula is C10H19NO3. The van der Waals surface area contributed by atoms with Crippen LogP contribution in [0, 0.1) is 0 Å². The summed E-state index contributed by atoms with van der Waals surface area (Å²) < 4.78 is 0. The summed E-state index contributed by atoms with van der Waals surface area (Å²) in [7, 11) is 0. The first-order valence-electron chi connectivity index (χ1n) is 5.01. The minimum atomic E-state index is -0.345. The van der Waals surface area contributed by atoms with E-state index in [2.05, 4.69) is 12.2 Å². The molecule has 0 radical (unpaired) electrons. The van der Waals surface area contributed by atoms with Crippen LogP contribution in [-0.4, -0.2) is 35.4 Å². The second-order valence-electron chi connectivity index (χ2n) is 3.23. The van der Waals surface area contributed by atoms with Crippen molar-refractivity contribution in [3.05, 3.63) is 5.70 Å². The molecule has 1 aliphatic heterocycles. The molecule has 1 rings (SSSR count). The minimum Gasteiger partial charge on any atom is -0.396 e. The number of hydrogen-bond acceptors (Lipinski definition) is 4. The number of aliphatic hydroxyl groups excluding tert-OH is 2. The Morgan fingerprint density at radius 2 is 2.36 bits per heavy atom. The van der Waals surface area contributed by atoms with Gasteiger partial charge in [0.2, 0.25) is 0 Å². The summed E-state index contributed by atoms with van der Waals surface area (Å²) in [6, 6.07) is 0. The summed E-state index contributed by atoms with van der Waals surface area (Å²) in [5.41, 5.74) is 0.494. The molecule has 14 heavy (non-hydrogen) atoms. The summed E-state index contributed by atoms with van der Waals surface area (Å²) >= 11 is 0. The molecule has 1 saturated heterocycles. The van der Waals surface area contributed by atoms with Crippen molar-refractivity contribution in [1.29, 1.82) is 0 Å². The molecule has 4 heteroatoms. The van der Waals surface area contributed by atoms with Gasteiger partial charge in [0.25, 0.3) is 0 Å². The van der Waals surface area contributed by atoms with Gasteiger partial charge in [-0.15, -0.1) is 0 Å². The molecule has 1 atom stereocenters. The van der Waals surface area contributed by atoms with Crippen LogP contribution in [-0.2, 0) is 4.79 Å². The van der Waals surface area contributed by atoms with Crippen molar-refractivity contribution in [3.8, 4) is 0 Å². The largest absolute Gasteiger partial charge is 0.396 e. The van der Waals surface area contributed by atoms with Crippen LogP contribution in [0.5, 0.6) is 0 Å². The van der Waals surface area contributed by atoms with Gasteiger partial charge in [0.15, 0.2) is 0 Å². The molecular weight excluding hydrogens is 182 g/mol. The average Bonchev–Trinajstić information content (AvgIpc) is 2.20. The van der Waals surface area contributed by atoms with Gasteiger partial charge in [-0.3, -0.25) is 0 Å². The van der Waals surface area contributed by atoms with E-state index in [0.29, 0.717) is 25.3 Å². The molecule has 0 amide bonds. The highest BCUT2D eigenvalue weighted by Crippen LogP contribution is 2.07. The average molecular weight is 201 g/mol. The summed E-state index contributed by atoms with van der Waals surface area (Å²) in [6.07, 6.45) is 2.85. The molecule has 0 bridgehead atoms. The van der Waals surface area contributed by atoms with Crippen molar-refractivity contribution < 1.29 is 15.0 Å². The third-order valence-electron chi connectivity index (χ3n) is 1.89. The van der Waals surface area contributed by atoms with E-state index in [4.69, 9.17) is 10.2 Å². The molecule has 4 nitrogen and oxygen atoms in total. The second-order valence-corrected chi connectivity index (χ2v) is 3.23. The lowest BCUT2D eigenvalue weighted by molar-refractivity contribution is 0.151. The fourth-order valence-electron chi connectivity index (χ4n) is 1.04. The molecule has 3 N–H and O–H groups in total. The van der Waals surface area contributed by atoms with Crippen molar-refractivity contribution >= 4 is 5.94 Å². The number of carbonyl (C=O) groups excluding carboxylic acids is 1. The maximum Gasteiger partial charge on any atom is 0.145 e. The molecule has 0 aromatic rings. The zero-order valence-corrected chi connectivity index (χ0v) is 8.62. The van der Waals surface area contributed by atoms with Crippen LogP contribution in [0.15, 0.2) is 5.70 Å². The first-order valence-corrected chi connectivity index (χ1v) is 5.01. The summed E-state index contributed by atoms with van der Waals surface area (Å²) in [5.74, 6) is 1.73. The summed E-state index contributed by atoms with van der Waals surface area (Å²) in [4.78, 5) is 9.97. The summed E-state index contributed by atoms with van der Waals surface area (Å²) in [6.45, 7) is 3.08. The van der Waals surface area contributed by atoms with E-state index >= 15 is 0 Å². The van der Waals surface area contributed by atoms with Crippen LogP contribution >= 0.6 is 0 Å². The van der Waals surface area contributed by atoms with Gasteiger partial charge in [-0.05, 0) is 12.8 Å². The van der Waals surface area contributed by atoms with Gasteiger partial charge in [-0.25, -0.2) is 4.79 Å². The lowest BCUT2D eigenvalue weighted by atomic mass is 10.1. The monoisotopic (exact) mass is 201 g/mol. The van der Waals surface area contributed by atoms with Crippen LogP contribution in [0.4, 0.5) is 0 Å². The molecule has 1 unspecified atom stereocenters. The highest BCUT2D eigenvalue weighted by Gasteiger charge is 2.13. The molecule has 1 aliphatic rings. The Labute approximate surface area is 84.6 Å². The Balaban J connectivity index is 0.000000292. The first-order chi connectivity index (χ1) is 6.74. The Morgan fingerprint density at radius 3 is 2.64 bits per heavy atom. The van der Waals surface area contributed by atoms with Crippen molar-refractivity contribution in [2.45, 2.75) is 38.7 Å². The van der Waals surface area contributed by atoms with E-state index < -0.39 is 0 Å². The Kier molecular flexibility index (Phi) is 8.24. The smallest absolute Gasteiger partial charge is 0.145 e. The van der Waals surface area contributed by atoms with Gasteiger partial charge in [0, 0.05) is 19.6 Å². The molecule has 82 valence electrons. The van der Waals surface area contributed by atoms with Crippen LogP contribution in [0.3, 0.4) is 0 Å². The number of hydrogen-bond donors (Lipinski definition) is 3. The third-order valence-corrected chi connectivity index (χ3v) is 1.89. The highest BCUT2D eigenvalue weighted by molar-refractivity contribution is 5.51. The van der Waals surface area contributed by atoms with Crippen molar-refractivity contribution in [1.82, 2.24) is 5.32 Å². The van der Waals surface area contributed by atoms with Crippen LogP contribution in [0.1, 0.15) is 32.6 Å². The zero-order valence-electron chi connectivity index (χ0n) is 8.62. The lowest BCUT2D eigenvalue weighted by Crippen LogP contribution is -2.29. The van der Waals surface area contributed by atoms with Gasteiger partial charge in [0.1, 0.15) is 5.94 Å². The number of piperidine rings is 1. The topological polar surface area (TPSA) is 69.6 Å². The standard InChI is InChI=1S/C6H9NO2.C4H10O/c8-4-5-3-6(9)1-2-7-5;1-2-3-4-5/h6-7,9H,1-3H2;5H,2-4H2,1H3. The highest BCUT2D eigenvalue weighted by atomic mass is 16.3. The van der Waals surface area contributed by atoms with Crippen molar-refractivity contribution in [3.63, 3.8) is 0 Å². The maximum atomic E-state index is 9.97. The van der Waals surface area contributed by atoms with Crippen molar-refractivity contribution in [2.24, 2.45) is 0 Å². The molecule has 0 aromatic carbocycles. The number of aliphatic hydroxyl groups is 2. The quantitative estimate of drug-likeness (QED) is 0.559. The van der Waals surface area contributed by atoms with Gasteiger partial charge >= 0.3 is 0 Å². The predicted octanol–water partition coefficient (Wildman–Crippen LogP) is 0.225. The molecule has 1 fully saturated rings. The zero-order chi connectivity index (χ0) is 10.8. The second kappa shape index (κ2) is 8.75. The Bertz CT molecular complexity index is 186. The van der Waals surface area contributed by atoms with Gasteiger partial charge in [0.05, 0.1) is 11.8 Å².